The molecule has 1 aromatic carbocycles. The molecule has 0 amide bonds. The summed E-state index contributed by atoms with van der Waals surface area (Å²) in [5.41, 5.74) is 1.31. The van der Waals surface area contributed by atoms with Gasteiger partial charge in [-0.2, -0.15) is 0 Å². The number of nitrogens with one attached hydrogen (secondary N) is 2. The average Bonchev–Trinajstić information content (AvgIpc) is 2.64. The number of ether oxygens (including phenoxy) is 1. The van der Waals surface area contributed by atoms with Crippen LogP contribution in [-0.2, 0) is 4.74 Å². The van der Waals surface area contributed by atoms with Crippen LogP contribution in [-0.4, -0.2) is 69.1 Å². The molecular weight excluding hydrogens is 459 g/mol. The van der Waals surface area contributed by atoms with Crippen LogP contribution in [0, 0.1) is 6.92 Å². The van der Waals surface area contributed by atoms with E-state index in [4.69, 9.17) is 4.74 Å². The molecule has 148 valence electrons. The molecule has 1 aliphatic heterocycles. The zero-order valence-corrected chi connectivity index (χ0v) is 19.1. The zero-order valence-electron chi connectivity index (χ0n) is 16.0. The van der Waals surface area contributed by atoms with Crippen LogP contribution < -0.4 is 10.6 Å². The first-order valence-corrected chi connectivity index (χ1v) is 10.3. The Balaban J connectivity index is 0.00000338. The van der Waals surface area contributed by atoms with Gasteiger partial charge in [-0.1, -0.05) is 17.7 Å². The molecule has 0 aliphatic carbocycles. The lowest BCUT2D eigenvalue weighted by molar-refractivity contribution is 0.0377. The van der Waals surface area contributed by atoms with Crippen LogP contribution in [0.25, 0.3) is 0 Å². The van der Waals surface area contributed by atoms with Crippen LogP contribution >= 0.6 is 35.7 Å². The molecule has 1 aromatic rings. The van der Waals surface area contributed by atoms with E-state index < -0.39 is 0 Å². The normalized spacial score (nSPS) is 15.4. The third-order valence-electron chi connectivity index (χ3n) is 4.03. The molecule has 0 aromatic heterocycles. The molecule has 2 N–H and O–H groups in total. The lowest BCUT2D eigenvalue weighted by Gasteiger charge is -2.26. The fraction of sp³-hybridized carbons (Fsp3) is 0.632. The molecule has 0 saturated carbocycles. The van der Waals surface area contributed by atoms with E-state index in [9.17, 15) is 0 Å². The van der Waals surface area contributed by atoms with Gasteiger partial charge in [0.05, 0.1) is 13.2 Å². The Morgan fingerprint density at radius 1 is 1.19 bits per heavy atom. The van der Waals surface area contributed by atoms with Crippen molar-refractivity contribution in [2.24, 2.45) is 4.99 Å². The van der Waals surface area contributed by atoms with Crippen molar-refractivity contribution in [1.29, 1.82) is 0 Å². The number of hydrogen-bond acceptors (Lipinski definition) is 4. The lowest BCUT2D eigenvalue weighted by atomic mass is 10.2. The first-order chi connectivity index (χ1) is 12.3. The van der Waals surface area contributed by atoms with Gasteiger partial charge in [0.2, 0.25) is 0 Å². The molecule has 1 aliphatic rings. The molecular formula is C19H33IN4OS. The molecule has 7 heteroatoms. The molecule has 0 unspecified atom stereocenters. The van der Waals surface area contributed by atoms with Gasteiger partial charge in [-0.25, -0.2) is 0 Å². The summed E-state index contributed by atoms with van der Waals surface area (Å²) < 4.78 is 5.38. The van der Waals surface area contributed by atoms with E-state index in [2.05, 4.69) is 58.6 Å². The second-order valence-electron chi connectivity index (χ2n) is 6.16. The van der Waals surface area contributed by atoms with Crippen LogP contribution in [0.15, 0.2) is 34.2 Å². The highest BCUT2D eigenvalue weighted by atomic mass is 127. The Hall–Kier alpha value is -0.510. The largest absolute Gasteiger partial charge is 0.379 e. The first kappa shape index (κ1) is 23.5. The highest BCUT2D eigenvalue weighted by Crippen LogP contribution is 2.17. The van der Waals surface area contributed by atoms with Crippen molar-refractivity contribution >= 4 is 41.7 Å². The number of aliphatic imine (C=N–C) groups is 1. The molecule has 2 rings (SSSR count). The maximum Gasteiger partial charge on any atom is 0.191 e. The molecule has 1 heterocycles. The summed E-state index contributed by atoms with van der Waals surface area (Å²) in [4.78, 5) is 8.46. The predicted octanol–water partition coefficient (Wildman–Crippen LogP) is 2.98. The predicted molar refractivity (Wildman–Crippen MR) is 123 cm³/mol. The van der Waals surface area contributed by atoms with Crippen molar-refractivity contribution in [3.8, 4) is 0 Å². The maximum absolute atomic E-state index is 5.38. The Morgan fingerprint density at radius 2 is 1.92 bits per heavy atom. The van der Waals surface area contributed by atoms with E-state index in [1.807, 2.05) is 11.8 Å². The number of rotatable bonds is 9. The van der Waals surface area contributed by atoms with Crippen molar-refractivity contribution < 1.29 is 4.74 Å². The second-order valence-corrected chi connectivity index (χ2v) is 7.32. The highest BCUT2D eigenvalue weighted by Gasteiger charge is 2.08. The summed E-state index contributed by atoms with van der Waals surface area (Å²) >= 11 is 1.87. The lowest BCUT2D eigenvalue weighted by Crippen LogP contribution is -2.39. The number of halogens is 1. The number of thioether (sulfide) groups is 1. The van der Waals surface area contributed by atoms with Gasteiger partial charge in [-0.15, -0.1) is 35.7 Å². The minimum absolute atomic E-state index is 0. The monoisotopic (exact) mass is 492 g/mol. The van der Waals surface area contributed by atoms with E-state index >= 15 is 0 Å². The number of hydrogen-bond donors (Lipinski definition) is 2. The summed E-state index contributed by atoms with van der Waals surface area (Å²) in [5, 5.41) is 6.75. The first-order valence-electron chi connectivity index (χ1n) is 9.29. The van der Waals surface area contributed by atoms with Crippen LogP contribution in [0.2, 0.25) is 0 Å². The summed E-state index contributed by atoms with van der Waals surface area (Å²) in [7, 11) is 0. The van der Waals surface area contributed by atoms with E-state index in [1.54, 1.807) is 0 Å². The quantitative estimate of drug-likeness (QED) is 0.183. The third kappa shape index (κ3) is 9.99. The van der Waals surface area contributed by atoms with Gasteiger partial charge in [-0.3, -0.25) is 9.89 Å². The van der Waals surface area contributed by atoms with Crippen LogP contribution in [0.4, 0.5) is 0 Å². The maximum atomic E-state index is 5.38. The van der Waals surface area contributed by atoms with Crippen LogP contribution in [0.3, 0.4) is 0 Å². The molecule has 0 atom stereocenters. The van der Waals surface area contributed by atoms with Gasteiger partial charge in [0, 0.05) is 49.9 Å². The summed E-state index contributed by atoms with van der Waals surface area (Å²) in [6.45, 7) is 11.8. The molecule has 26 heavy (non-hydrogen) atoms. The minimum atomic E-state index is 0. The topological polar surface area (TPSA) is 48.9 Å². The van der Waals surface area contributed by atoms with Crippen LogP contribution in [0.1, 0.15) is 18.9 Å². The van der Waals surface area contributed by atoms with E-state index in [1.165, 1.54) is 10.5 Å². The van der Waals surface area contributed by atoms with Crippen LogP contribution in [0.5, 0.6) is 0 Å². The molecule has 0 spiro atoms. The average molecular weight is 492 g/mol. The minimum Gasteiger partial charge on any atom is -0.379 e. The van der Waals surface area contributed by atoms with Crippen molar-refractivity contribution in [1.82, 2.24) is 15.5 Å². The number of benzene rings is 1. The van der Waals surface area contributed by atoms with Gasteiger partial charge in [0.15, 0.2) is 5.96 Å². The van der Waals surface area contributed by atoms with E-state index in [0.717, 1.165) is 70.6 Å². The molecule has 0 radical (unpaired) electrons. The summed E-state index contributed by atoms with van der Waals surface area (Å²) in [6.07, 6.45) is 1.09. The third-order valence-corrected chi connectivity index (χ3v) is 5.05. The van der Waals surface area contributed by atoms with Gasteiger partial charge < -0.3 is 15.4 Å². The molecule has 1 fully saturated rings. The summed E-state index contributed by atoms with van der Waals surface area (Å²) in [6, 6.07) is 8.70. The van der Waals surface area contributed by atoms with E-state index in [-0.39, 0.29) is 24.0 Å². The van der Waals surface area contributed by atoms with Gasteiger partial charge in [-0.05, 0) is 32.4 Å². The SMILES string of the molecule is CCNC(=NCCCN1CCOCC1)NCCSc1ccc(C)cc1.I. The molecule has 5 nitrogen and oxygen atoms in total. The summed E-state index contributed by atoms with van der Waals surface area (Å²) in [5.74, 6) is 1.95. The number of morpholine rings is 1. The molecule has 0 bridgehead atoms. The van der Waals surface area contributed by atoms with E-state index in [0.29, 0.717) is 0 Å². The van der Waals surface area contributed by atoms with Crippen molar-refractivity contribution in [3.63, 3.8) is 0 Å². The number of guanidine groups is 1. The fourth-order valence-electron chi connectivity index (χ4n) is 2.62. The van der Waals surface area contributed by atoms with Crippen molar-refractivity contribution in [2.75, 3.05) is 58.2 Å². The number of aryl methyl sites for hydroxylation is 1. The fourth-order valence-corrected chi connectivity index (χ4v) is 3.39. The smallest absolute Gasteiger partial charge is 0.191 e. The Kier molecular flexibility index (Phi) is 13.2. The Morgan fingerprint density at radius 3 is 2.62 bits per heavy atom. The van der Waals surface area contributed by atoms with Gasteiger partial charge in [0.1, 0.15) is 0 Å². The second kappa shape index (κ2) is 14.5. The highest BCUT2D eigenvalue weighted by molar-refractivity contribution is 14.0. The van der Waals surface area contributed by atoms with Crippen molar-refractivity contribution in [2.45, 2.75) is 25.2 Å². The standard InChI is InChI=1S/C19H32N4OS.HI/c1-3-20-19(21-9-4-11-23-12-14-24-15-13-23)22-10-16-25-18-7-5-17(2)6-8-18;/h5-8H,3-4,9-16H2,1-2H3,(H2,20,21,22);1H. The number of nitrogens with zero attached hydrogens (tertiary/aromatic N) is 2. The van der Waals surface area contributed by atoms with Gasteiger partial charge in [0.25, 0.3) is 0 Å². The zero-order chi connectivity index (χ0) is 17.7. The van der Waals surface area contributed by atoms with Crippen molar-refractivity contribution in [3.05, 3.63) is 29.8 Å². The van der Waals surface area contributed by atoms with Gasteiger partial charge >= 0.3 is 0 Å². The molecule has 1 saturated heterocycles. The Labute approximate surface area is 179 Å². The Bertz CT molecular complexity index is 507.